The monoisotopic (exact) mass is 251 g/mol. The molecule has 0 aliphatic heterocycles. The number of benzene rings is 1. The summed E-state index contributed by atoms with van der Waals surface area (Å²) in [7, 11) is 0. The summed E-state index contributed by atoms with van der Waals surface area (Å²) in [5.41, 5.74) is 2.05. The third-order valence-electron chi connectivity index (χ3n) is 2.44. The van der Waals surface area contributed by atoms with E-state index in [0.717, 1.165) is 11.1 Å². The van der Waals surface area contributed by atoms with Gasteiger partial charge >= 0.3 is 5.97 Å². The molecule has 2 N–H and O–H groups in total. The number of aryl methyl sites for hydroxylation is 2. The van der Waals surface area contributed by atoms with Crippen molar-refractivity contribution in [2.75, 3.05) is 6.61 Å². The first-order chi connectivity index (χ1) is 8.40. The van der Waals surface area contributed by atoms with Crippen LogP contribution in [-0.4, -0.2) is 29.6 Å². The fourth-order valence-corrected chi connectivity index (χ4v) is 1.45. The molecule has 1 amide bonds. The topological polar surface area (TPSA) is 75.6 Å². The van der Waals surface area contributed by atoms with Crippen LogP contribution < -0.4 is 10.1 Å². The van der Waals surface area contributed by atoms with Gasteiger partial charge in [0.25, 0.3) is 5.91 Å². The summed E-state index contributed by atoms with van der Waals surface area (Å²) < 4.78 is 5.33. The zero-order valence-corrected chi connectivity index (χ0v) is 10.7. The lowest BCUT2D eigenvalue weighted by Gasteiger charge is -2.12. The number of carboxylic acids is 1. The number of ether oxygens (including phenoxy) is 1. The maximum atomic E-state index is 11.4. The van der Waals surface area contributed by atoms with Crippen molar-refractivity contribution in [2.24, 2.45) is 0 Å². The summed E-state index contributed by atoms with van der Waals surface area (Å²) in [6.45, 7) is 5.07. The molecule has 5 heteroatoms. The second-order valence-electron chi connectivity index (χ2n) is 4.19. The van der Waals surface area contributed by atoms with E-state index in [1.165, 1.54) is 6.92 Å². The number of rotatable bonds is 5. The molecule has 0 spiro atoms. The van der Waals surface area contributed by atoms with E-state index in [2.05, 4.69) is 5.32 Å². The number of carboxylic acid groups (broad SMARTS) is 1. The van der Waals surface area contributed by atoms with Gasteiger partial charge in [0.1, 0.15) is 11.8 Å². The van der Waals surface area contributed by atoms with Gasteiger partial charge in [-0.15, -0.1) is 0 Å². The minimum atomic E-state index is -1.07. The maximum absolute atomic E-state index is 11.4. The van der Waals surface area contributed by atoms with Crippen LogP contribution in [-0.2, 0) is 9.59 Å². The fraction of sp³-hybridized carbons (Fsp3) is 0.385. The van der Waals surface area contributed by atoms with Gasteiger partial charge in [0.2, 0.25) is 0 Å². The first-order valence-electron chi connectivity index (χ1n) is 5.62. The van der Waals surface area contributed by atoms with Crippen molar-refractivity contribution < 1.29 is 19.4 Å². The van der Waals surface area contributed by atoms with Gasteiger partial charge in [-0.3, -0.25) is 9.59 Å². The lowest BCUT2D eigenvalue weighted by Crippen LogP contribution is -2.40. The fourth-order valence-electron chi connectivity index (χ4n) is 1.45. The summed E-state index contributed by atoms with van der Waals surface area (Å²) in [5.74, 6) is -0.904. The third-order valence-corrected chi connectivity index (χ3v) is 2.44. The quantitative estimate of drug-likeness (QED) is 0.826. The average Bonchev–Trinajstić information content (AvgIpc) is 2.27. The highest BCUT2D eigenvalue weighted by atomic mass is 16.5. The van der Waals surface area contributed by atoms with Crippen LogP contribution in [0.4, 0.5) is 0 Å². The standard InChI is InChI=1S/C13H17NO4/c1-8-4-5-11(9(2)6-8)18-7-12(15)14-10(3)13(16)17/h4-6,10H,7H2,1-3H3,(H,14,15)(H,16,17). The maximum Gasteiger partial charge on any atom is 0.325 e. The van der Waals surface area contributed by atoms with Gasteiger partial charge in [-0.25, -0.2) is 0 Å². The molecule has 5 nitrogen and oxygen atoms in total. The Morgan fingerprint density at radius 2 is 2.06 bits per heavy atom. The van der Waals surface area contributed by atoms with E-state index in [1.807, 2.05) is 26.0 Å². The minimum absolute atomic E-state index is 0.193. The number of aliphatic carboxylic acids is 1. The molecule has 0 aromatic heterocycles. The SMILES string of the molecule is Cc1ccc(OCC(=O)NC(C)C(=O)O)c(C)c1. The Bertz CT molecular complexity index is 456. The molecule has 0 aliphatic rings. The van der Waals surface area contributed by atoms with Crippen LogP contribution in [0.15, 0.2) is 18.2 Å². The van der Waals surface area contributed by atoms with E-state index >= 15 is 0 Å². The van der Waals surface area contributed by atoms with E-state index in [0.29, 0.717) is 5.75 Å². The van der Waals surface area contributed by atoms with Crippen LogP contribution in [0.25, 0.3) is 0 Å². The van der Waals surface area contributed by atoms with Gasteiger partial charge in [-0.2, -0.15) is 0 Å². The first-order valence-corrected chi connectivity index (χ1v) is 5.62. The highest BCUT2D eigenvalue weighted by molar-refractivity contribution is 5.84. The van der Waals surface area contributed by atoms with Crippen LogP contribution in [0.2, 0.25) is 0 Å². The van der Waals surface area contributed by atoms with Crippen molar-refractivity contribution in [3.63, 3.8) is 0 Å². The molecule has 0 bridgehead atoms. The highest BCUT2D eigenvalue weighted by Gasteiger charge is 2.14. The summed E-state index contributed by atoms with van der Waals surface area (Å²) >= 11 is 0. The first kappa shape index (κ1) is 14.0. The molecule has 18 heavy (non-hydrogen) atoms. The second-order valence-corrected chi connectivity index (χ2v) is 4.19. The van der Waals surface area contributed by atoms with Gasteiger partial charge in [0.05, 0.1) is 0 Å². The van der Waals surface area contributed by atoms with E-state index in [1.54, 1.807) is 6.07 Å². The van der Waals surface area contributed by atoms with E-state index < -0.39 is 17.9 Å². The molecular formula is C13H17NO4. The predicted molar refractivity (Wildman–Crippen MR) is 66.7 cm³/mol. The van der Waals surface area contributed by atoms with Crippen molar-refractivity contribution in [1.29, 1.82) is 0 Å². The molecule has 1 aromatic carbocycles. The molecular weight excluding hydrogens is 234 g/mol. The van der Waals surface area contributed by atoms with E-state index in [9.17, 15) is 9.59 Å². The number of nitrogens with one attached hydrogen (secondary N) is 1. The van der Waals surface area contributed by atoms with Crippen molar-refractivity contribution >= 4 is 11.9 Å². The van der Waals surface area contributed by atoms with Crippen molar-refractivity contribution in [3.8, 4) is 5.75 Å². The Hall–Kier alpha value is -2.04. The van der Waals surface area contributed by atoms with Crippen LogP contribution in [0.5, 0.6) is 5.75 Å². The van der Waals surface area contributed by atoms with Gasteiger partial charge < -0.3 is 15.2 Å². The van der Waals surface area contributed by atoms with Crippen LogP contribution in [0.1, 0.15) is 18.1 Å². The van der Waals surface area contributed by atoms with Crippen LogP contribution in [0.3, 0.4) is 0 Å². The molecule has 1 aromatic rings. The normalized spacial score (nSPS) is 11.7. The Morgan fingerprint density at radius 1 is 1.39 bits per heavy atom. The Kier molecular flexibility index (Phi) is 4.71. The molecule has 98 valence electrons. The largest absolute Gasteiger partial charge is 0.484 e. The second kappa shape index (κ2) is 6.05. The summed E-state index contributed by atoms with van der Waals surface area (Å²) in [6, 6.07) is 4.71. The Labute approximate surface area is 106 Å². The molecule has 0 saturated carbocycles. The van der Waals surface area contributed by atoms with Crippen LogP contribution in [0, 0.1) is 13.8 Å². The molecule has 1 rings (SSSR count). The van der Waals surface area contributed by atoms with E-state index in [4.69, 9.17) is 9.84 Å². The number of carbonyl (C=O) groups excluding carboxylic acids is 1. The molecule has 0 fully saturated rings. The Morgan fingerprint density at radius 3 is 2.61 bits per heavy atom. The van der Waals surface area contributed by atoms with Gasteiger partial charge in [0, 0.05) is 0 Å². The van der Waals surface area contributed by atoms with Crippen molar-refractivity contribution in [1.82, 2.24) is 5.32 Å². The molecule has 1 atom stereocenters. The lowest BCUT2D eigenvalue weighted by atomic mass is 10.1. The number of carbonyl (C=O) groups is 2. The van der Waals surface area contributed by atoms with Gasteiger partial charge in [0.15, 0.2) is 6.61 Å². The number of hydrogen-bond acceptors (Lipinski definition) is 3. The van der Waals surface area contributed by atoms with Gasteiger partial charge in [-0.05, 0) is 32.4 Å². The number of amides is 1. The average molecular weight is 251 g/mol. The van der Waals surface area contributed by atoms with Crippen LogP contribution >= 0.6 is 0 Å². The third kappa shape index (κ3) is 4.08. The van der Waals surface area contributed by atoms with E-state index in [-0.39, 0.29) is 6.61 Å². The summed E-state index contributed by atoms with van der Waals surface area (Å²) in [6.07, 6.45) is 0. The molecule has 0 radical (unpaired) electrons. The molecule has 0 heterocycles. The molecule has 0 saturated heterocycles. The smallest absolute Gasteiger partial charge is 0.325 e. The predicted octanol–water partition coefficient (Wildman–Crippen LogP) is 1.27. The highest BCUT2D eigenvalue weighted by Crippen LogP contribution is 2.18. The zero-order chi connectivity index (χ0) is 13.7. The zero-order valence-electron chi connectivity index (χ0n) is 10.7. The summed E-state index contributed by atoms with van der Waals surface area (Å²) in [4.78, 5) is 22.0. The van der Waals surface area contributed by atoms with Crippen molar-refractivity contribution in [3.05, 3.63) is 29.3 Å². The summed E-state index contributed by atoms with van der Waals surface area (Å²) in [5, 5.41) is 11.0. The minimum Gasteiger partial charge on any atom is -0.484 e. The Balaban J connectivity index is 2.50. The lowest BCUT2D eigenvalue weighted by molar-refractivity contribution is -0.141. The number of hydrogen-bond donors (Lipinski definition) is 2. The molecule has 0 aliphatic carbocycles. The van der Waals surface area contributed by atoms with Gasteiger partial charge in [-0.1, -0.05) is 17.7 Å². The van der Waals surface area contributed by atoms with Crippen molar-refractivity contribution in [2.45, 2.75) is 26.8 Å². The molecule has 1 unspecified atom stereocenters.